The molecule has 0 unspecified atom stereocenters. The van der Waals surface area contributed by atoms with E-state index in [1.54, 1.807) is 0 Å². The molecule has 2 aromatic heterocycles. The zero-order valence-corrected chi connectivity index (χ0v) is 36.1. The molecule has 53 heavy (non-hydrogen) atoms. The number of aliphatic imine (C=N–C) groups is 1. The summed E-state index contributed by atoms with van der Waals surface area (Å²) >= 11 is 1.86. The van der Waals surface area contributed by atoms with Gasteiger partial charge in [0.25, 0.3) is 0 Å². The van der Waals surface area contributed by atoms with Gasteiger partial charge in [-0.3, -0.25) is 14.8 Å². The molecule has 0 saturated heterocycles. The van der Waals surface area contributed by atoms with E-state index in [4.69, 9.17) is 9.98 Å². The Bertz CT molecular complexity index is 2360. The molecule has 3 heterocycles. The molecule has 1 aliphatic heterocycles. The number of benzene rings is 4. The van der Waals surface area contributed by atoms with Gasteiger partial charge >= 0.3 is 0 Å². The predicted molar refractivity (Wildman–Crippen MR) is 225 cm³/mol. The van der Waals surface area contributed by atoms with Gasteiger partial charge in [-0.25, -0.2) is 0 Å². The molecule has 279 valence electrons. The summed E-state index contributed by atoms with van der Waals surface area (Å²) in [7, 11) is 0. The van der Waals surface area contributed by atoms with Gasteiger partial charge in [0.1, 0.15) is 0 Å². The third-order valence-electron chi connectivity index (χ3n) is 10.6. The van der Waals surface area contributed by atoms with Crippen LogP contribution in [0.2, 0.25) is 0 Å². The molecule has 0 fully saturated rings. The molecule has 0 amide bonds. The van der Waals surface area contributed by atoms with Gasteiger partial charge in [0.05, 0.1) is 17.2 Å². The number of aromatic nitrogens is 1. The van der Waals surface area contributed by atoms with Crippen LogP contribution in [0, 0.1) is 23.3 Å². The maximum Gasteiger partial charge on any atom is 0.162 e. The van der Waals surface area contributed by atoms with E-state index in [1.165, 1.54) is 59.2 Å². The number of fused-ring (bicyclic) bond motifs is 5. The molecule has 6 heteroatoms. The van der Waals surface area contributed by atoms with E-state index in [0.29, 0.717) is 0 Å². The van der Waals surface area contributed by atoms with E-state index in [-0.39, 0.29) is 54.3 Å². The molecular weight excluding hydrogens is 849 g/mol. The molecule has 0 atom stereocenters. The van der Waals surface area contributed by atoms with Crippen LogP contribution in [0.3, 0.4) is 0 Å². The second-order valence-corrected chi connectivity index (χ2v) is 17.3. The Labute approximate surface area is 333 Å². The molecule has 1 radical (unpaired) electrons. The number of carbonyl (C=O) groups excluding carboxylic acids is 1. The van der Waals surface area contributed by atoms with Crippen LogP contribution in [0.1, 0.15) is 106 Å². The van der Waals surface area contributed by atoms with Gasteiger partial charge in [0, 0.05) is 81.1 Å². The van der Waals surface area contributed by atoms with E-state index < -0.39 is 0 Å². The van der Waals surface area contributed by atoms with Crippen LogP contribution in [0.5, 0.6) is 0 Å². The Morgan fingerprint density at radius 1 is 0.811 bits per heavy atom. The van der Waals surface area contributed by atoms with E-state index in [0.717, 1.165) is 48.0 Å². The first-order valence-electron chi connectivity index (χ1n) is 19.0. The number of thiophene rings is 1. The van der Waals surface area contributed by atoms with Crippen molar-refractivity contribution < 1.29 is 30.0 Å². The standard InChI is InChI=1S/C34H29N2S.C13H24O2.Ir/c1-33(2,3)25-18-21(16-19-10-7-8-12-22(19)25)29-31-23(14-15-35-29)24-17-20-11-9-13-26-27(20)28(30(24)37-31)32(36-26)34(4,5)6;1-5-10(6-2)12(14)9-13(15)11(7-3)8-4;/h7-15,17-18H,1-6H3;9-11,14H,5-8H2,1-4H3;/q-1;;/b;12-9-;. The van der Waals surface area contributed by atoms with Crippen molar-refractivity contribution in [2.45, 2.75) is 100 Å². The van der Waals surface area contributed by atoms with Crippen LogP contribution in [0.25, 0.3) is 53.0 Å². The van der Waals surface area contributed by atoms with Gasteiger partial charge in [-0.15, -0.1) is 40.5 Å². The number of rotatable bonds is 8. The number of pyridine rings is 1. The molecule has 1 aliphatic rings. The van der Waals surface area contributed by atoms with Crippen molar-refractivity contribution in [1.29, 1.82) is 0 Å². The van der Waals surface area contributed by atoms with Crippen molar-refractivity contribution in [3.8, 4) is 11.3 Å². The summed E-state index contributed by atoms with van der Waals surface area (Å²) in [4.78, 5) is 21.8. The zero-order valence-electron chi connectivity index (χ0n) is 32.9. The van der Waals surface area contributed by atoms with Gasteiger partial charge in [0.2, 0.25) is 0 Å². The quantitative estimate of drug-likeness (QED) is 0.0940. The molecule has 0 bridgehead atoms. The number of aliphatic hydroxyl groups is 1. The number of aliphatic hydroxyl groups excluding tert-OH is 1. The maximum atomic E-state index is 11.7. The molecule has 7 rings (SSSR count). The van der Waals surface area contributed by atoms with Gasteiger partial charge in [-0.2, -0.15) is 0 Å². The minimum absolute atomic E-state index is 0. The summed E-state index contributed by atoms with van der Waals surface area (Å²) in [6.07, 6.45) is 6.87. The molecule has 4 nitrogen and oxygen atoms in total. The Morgan fingerprint density at radius 2 is 1.49 bits per heavy atom. The van der Waals surface area contributed by atoms with E-state index in [1.807, 2.05) is 45.2 Å². The number of hydrogen-bond acceptors (Lipinski definition) is 5. The molecule has 4 aromatic carbocycles. The van der Waals surface area contributed by atoms with Crippen molar-refractivity contribution in [2.24, 2.45) is 22.2 Å². The number of carbonyl (C=O) groups is 1. The SMILES string of the molecule is CC(C)(C)C1=Nc2cccc3cc4c(sc5c(-c6[c-]c7ccccc7c(C(C)(C)C)c6)nccc54)c1c23.CCC(CC)C(=O)/C=C(\O)C(CC)CC.[Ir]. The van der Waals surface area contributed by atoms with Crippen LogP contribution >= 0.6 is 11.3 Å². The van der Waals surface area contributed by atoms with Crippen LogP contribution in [-0.2, 0) is 30.3 Å². The average Bonchev–Trinajstić information content (AvgIpc) is 3.69. The van der Waals surface area contributed by atoms with Gasteiger partial charge in [-0.05, 0) is 60.1 Å². The second-order valence-electron chi connectivity index (χ2n) is 16.2. The minimum Gasteiger partial charge on any atom is -0.512 e. The van der Waals surface area contributed by atoms with Gasteiger partial charge in [0.15, 0.2) is 5.78 Å². The summed E-state index contributed by atoms with van der Waals surface area (Å²) in [5, 5.41) is 17.3. The first kappa shape index (κ1) is 40.5. The maximum absolute atomic E-state index is 11.7. The summed E-state index contributed by atoms with van der Waals surface area (Å²) in [6.45, 7) is 21.7. The van der Waals surface area contributed by atoms with Crippen molar-refractivity contribution in [3.05, 3.63) is 95.9 Å². The van der Waals surface area contributed by atoms with Crippen molar-refractivity contribution in [2.75, 3.05) is 0 Å². The van der Waals surface area contributed by atoms with E-state index in [2.05, 4.69) is 108 Å². The monoisotopic (exact) mass is 902 g/mol. The fraction of sp³-hybridized carbons (Fsp3) is 0.383. The Kier molecular flexibility index (Phi) is 12.2. The zero-order chi connectivity index (χ0) is 37.5. The topological polar surface area (TPSA) is 62.5 Å². The normalized spacial score (nSPS) is 13.2. The summed E-state index contributed by atoms with van der Waals surface area (Å²) in [6, 6.07) is 25.6. The average molecular weight is 902 g/mol. The van der Waals surface area contributed by atoms with Crippen molar-refractivity contribution in [1.82, 2.24) is 4.98 Å². The third-order valence-corrected chi connectivity index (χ3v) is 11.8. The number of allylic oxidation sites excluding steroid dienone is 2. The smallest absolute Gasteiger partial charge is 0.162 e. The first-order chi connectivity index (χ1) is 24.7. The summed E-state index contributed by atoms with van der Waals surface area (Å²) in [5.41, 5.74) is 6.94. The Balaban J connectivity index is 0.000000290. The number of nitrogens with zero attached hydrogens (tertiary/aromatic N) is 2. The Hall–Kier alpha value is -3.70. The molecule has 0 spiro atoms. The number of ketones is 1. The first-order valence-corrected chi connectivity index (χ1v) is 19.8. The van der Waals surface area contributed by atoms with Crippen molar-refractivity contribution in [3.63, 3.8) is 0 Å². The van der Waals surface area contributed by atoms with Crippen LogP contribution in [-0.4, -0.2) is 21.6 Å². The fourth-order valence-corrected chi connectivity index (χ4v) is 8.91. The second kappa shape index (κ2) is 16.0. The summed E-state index contributed by atoms with van der Waals surface area (Å²) in [5.74, 6) is 0.547. The fourth-order valence-electron chi connectivity index (χ4n) is 7.58. The molecule has 6 aromatic rings. The number of hydrogen-bond donors (Lipinski definition) is 1. The van der Waals surface area contributed by atoms with Crippen molar-refractivity contribution >= 4 is 70.2 Å². The molecule has 0 aliphatic carbocycles. The van der Waals surface area contributed by atoms with Crippen LogP contribution in [0.4, 0.5) is 5.69 Å². The van der Waals surface area contributed by atoms with Crippen LogP contribution in [0.15, 0.2) is 83.7 Å². The largest absolute Gasteiger partial charge is 0.512 e. The molecule has 1 N–H and O–H groups in total. The summed E-state index contributed by atoms with van der Waals surface area (Å²) < 4.78 is 2.53. The van der Waals surface area contributed by atoms with E-state index in [9.17, 15) is 9.90 Å². The molecule has 0 saturated carbocycles. The molecular formula is C47H53IrN2O2S-. The van der Waals surface area contributed by atoms with E-state index >= 15 is 0 Å². The van der Waals surface area contributed by atoms with Crippen LogP contribution < -0.4 is 0 Å². The van der Waals surface area contributed by atoms with Gasteiger partial charge < -0.3 is 5.11 Å². The minimum atomic E-state index is -0.0504. The Morgan fingerprint density at radius 3 is 2.13 bits per heavy atom. The van der Waals surface area contributed by atoms with Gasteiger partial charge in [-0.1, -0.05) is 111 Å². The third kappa shape index (κ3) is 7.79. The predicted octanol–water partition coefficient (Wildman–Crippen LogP) is 13.9.